The topological polar surface area (TPSA) is 297 Å². The van der Waals surface area contributed by atoms with Gasteiger partial charge in [-0.3, -0.25) is 33.7 Å². The summed E-state index contributed by atoms with van der Waals surface area (Å²) in [5.41, 5.74) is 6.21. The lowest BCUT2D eigenvalue weighted by Crippen LogP contribution is -2.67. The van der Waals surface area contributed by atoms with E-state index in [1.54, 1.807) is 26.0 Å². The number of likely N-dealkylation sites (tertiary alicyclic amines) is 1. The standard InChI is InChI=1S/C73H103N11O12S2Si/c1-46-37-56-64(58(85)40-57(66(56)89)81-68(90)47(2)19-16-24-59(93-8)67(96-70(74)92)49(4)39-48(3)65(88)60(38-46)94-9)76-31-18-30-75-62(86)25-17-32-84-63(87)41-61(69(84)91)98-45-53-29-36-83-35-28-52(79-72(83)80-53)44-97-43-51-27-34-82-33-26-50(77-71(82)78-51)42-95-99(73(5,6)7,54-20-12-10-13-21-54)55-22-14-11-15-23-55/h10-16,19-24,39-40,46,48,50-53,59-61,65,67,76,88H,17-18,25-38,41-45H2,1-9H3,(H2,74,92)(H,75,86)(H,77,78)(H,79,80)(H,81,90)/b24-16-,47-19-,49-39-/t46-,48+,50-,51-,52-,53-,59+,60+,61?,65-,67+/m1/s1. The molecule has 2 aromatic carbocycles. The number of amides is 5. The van der Waals surface area contributed by atoms with Gasteiger partial charge >= 0.3 is 6.09 Å². The Morgan fingerprint density at radius 3 is 2.05 bits per heavy atom. The number of carbonyl (C=O) groups excluding carboxylic acids is 7. The van der Waals surface area contributed by atoms with E-state index in [9.17, 15) is 38.7 Å². The van der Waals surface area contributed by atoms with E-state index < -0.39 is 67.5 Å². The highest BCUT2D eigenvalue weighted by Crippen LogP contribution is 2.38. The number of Topliss-reactive ketones (excluding diaryl/α,β-unsaturated/α-hetero) is 1. The van der Waals surface area contributed by atoms with Crippen LogP contribution in [0.3, 0.4) is 0 Å². The number of imide groups is 1. The quantitative estimate of drug-likeness (QED) is 0.0228. The van der Waals surface area contributed by atoms with Gasteiger partial charge in [-0.15, -0.1) is 11.8 Å². The molecule has 1 aliphatic carbocycles. The normalized spacial score (nSPS) is 28.1. The van der Waals surface area contributed by atoms with Crippen LogP contribution in [0.25, 0.3) is 0 Å². The first-order chi connectivity index (χ1) is 47.5. The SMILES string of the molecule is CO[C@H]1/C=C\C=C(\C)C(=O)NC2=CC(=O)C(NCCCNC(=O)CCCN3C(=O)CC(SC[C@H]4CCN5CC[C@H](CSC[C@H]6CCN7CC[C@H](CO[Si](c8ccccc8)(c8ccccc8)C(C)(C)C)N=C7N6)NC5=N4)C3=O)=C(C[C@@H](C)C[C@H](OC)[C@H](O)[C@@H](C)/C=C(/C)[C@@H]1OC(N)=O)C2=O. The van der Waals surface area contributed by atoms with Gasteiger partial charge < -0.3 is 65.9 Å². The fourth-order valence-electron chi connectivity index (χ4n) is 14.2. The highest BCUT2D eigenvalue weighted by atomic mass is 32.2. The Morgan fingerprint density at radius 1 is 0.808 bits per heavy atom. The number of ketones is 2. The number of thioether (sulfide) groups is 2. The minimum Gasteiger partial charge on any atom is -0.439 e. The molecule has 8 N–H and O–H groups in total. The van der Waals surface area contributed by atoms with Gasteiger partial charge in [0.25, 0.3) is 14.2 Å². The van der Waals surface area contributed by atoms with Crippen molar-refractivity contribution in [3.05, 3.63) is 119 Å². The molecular formula is C73H103N11O12S2Si. The number of ether oxygens (including phenoxy) is 3. The van der Waals surface area contributed by atoms with E-state index in [2.05, 4.69) is 118 Å². The number of nitrogens with one attached hydrogen (secondary N) is 5. The van der Waals surface area contributed by atoms with E-state index in [1.807, 2.05) is 18.7 Å². The third-order valence-corrected chi connectivity index (χ3v) is 27.3. The third kappa shape index (κ3) is 19.7. The molecule has 7 aliphatic rings. The maximum absolute atomic E-state index is 14.2. The van der Waals surface area contributed by atoms with Gasteiger partial charge in [-0.1, -0.05) is 120 Å². The van der Waals surface area contributed by atoms with Crippen LogP contribution in [0.15, 0.2) is 129 Å². The summed E-state index contributed by atoms with van der Waals surface area (Å²) in [6.07, 6.45) is 8.00. The van der Waals surface area contributed by atoms with Gasteiger partial charge in [0.1, 0.15) is 6.10 Å². The molecule has 2 aromatic rings. The average molecular weight is 1420 g/mol. The van der Waals surface area contributed by atoms with Crippen LogP contribution in [0.2, 0.25) is 5.04 Å². The van der Waals surface area contributed by atoms with Crippen LogP contribution in [0, 0.1) is 11.8 Å². The number of aliphatic imine (C=N–C) groups is 2. The molecule has 3 fully saturated rings. The van der Waals surface area contributed by atoms with Crippen LogP contribution in [-0.4, -0.2) is 219 Å². The maximum atomic E-state index is 14.2. The second-order valence-electron chi connectivity index (χ2n) is 28.1. The lowest BCUT2D eigenvalue weighted by atomic mass is 9.85. The van der Waals surface area contributed by atoms with Gasteiger partial charge in [-0.2, -0.15) is 11.8 Å². The number of aliphatic hydroxyl groups is 1. The molecule has 538 valence electrons. The number of carbonyl (C=O) groups is 7. The summed E-state index contributed by atoms with van der Waals surface area (Å²) < 4.78 is 24.2. The minimum atomic E-state index is -2.68. The van der Waals surface area contributed by atoms with Gasteiger partial charge in [-0.25, -0.2) is 14.8 Å². The maximum Gasteiger partial charge on any atom is 0.405 e. The third-order valence-electron chi connectivity index (χ3n) is 19.6. The van der Waals surface area contributed by atoms with Crippen LogP contribution >= 0.6 is 23.5 Å². The van der Waals surface area contributed by atoms with Gasteiger partial charge in [0, 0.05) is 125 Å². The van der Waals surface area contributed by atoms with Gasteiger partial charge in [0.15, 0.2) is 18.0 Å². The monoisotopic (exact) mass is 1420 g/mol. The molecule has 23 nitrogen and oxygen atoms in total. The van der Waals surface area contributed by atoms with Crippen molar-refractivity contribution in [3.63, 3.8) is 0 Å². The fraction of sp³-hybridized carbons (Fsp3) is 0.575. The highest BCUT2D eigenvalue weighted by molar-refractivity contribution is 8.00. The number of allylic oxidation sites excluding steroid dienone is 4. The number of guanidine groups is 2. The molecule has 26 heteroatoms. The Hall–Kier alpha value is -7.07. The van der Waals surface area contributed by atoms with E-state index in [0.717, 1.165) is 81.4 Å². The van der Waals surface area contributed by atoms with Crippen LogP contribution in [0.1, 0.15) is 113 Å². The Kier molecular flexibility index (Phi) is 27.3. The predicted octanol–water partition coefficient (Wildman–Crippen LogP) is 5.39. The molecule has 0 radical (unpaired) electrons. The number of hydrogen-bond donors (Lipinski definition) is 7. The first-order valence-corrected chi connectivity index (χ1v) is 39.1. The molecule has 9 rings (SSSR count). The van der Waals surface area contributed by atoms with E-state index in [1.165, 1.54) is 60.3 Å². The average Bonchev–Trinajstić information content (AvgIpc) is 1.21. The molecule has 0 aromatic heterocycles. The number of fused-ring (bicyclic) bond motifs is 4. The summed E-state index contributed by atoms with van der Waals surface area (Å²) in [6, 6.07) is 22.3. The van der Waals surface area contributed by atoms with Gasteiger partial charge in [0.2, 0.25) is 29.3 Å². The van der Waals surface area contributed by atoms with Crippen molar-refractivity contribution < 1.29 is 57.3 Å². The summed E-state index contributed by atoms with van der Waals surface area (Å²) in [7, 11) is 0.216. The summed E-state index contributed by atoms with van der Waals surface area (Å²) >= 11 is 3.46. The Labute approximate surface area is 593 Å². The number of hydrogen-bond acceptors (Lipinski definition) is 21. The zero-order valence-corrected chi connectivity index (χ0v) is 61.6. The van der Waals surface area contributed by atoms with Crippen LogP contribution < -0.4 is 42.7 Å². The van der Waals surface area contributed by atoms with E-state index in [4.69, 9.17) is 34.4 Å². The van der Waals surface area contributed by atoms with Crippen LogP contribution in [0.5, 0.6) is 0 Å². The van der Waals surface area contributed by atoms with Crippen LogP contribution in [-0.2, 0) is 47.4 Å². The van der Waals surface area contributed by atoms with Crippen molar-refractivity contribution in [3.8, 4) is 0 Å². The molecule has 99 heavy (non-hydrogen) atoms. The van der Waals surface area contributed by atoms with Gasteiger partial charge in [-0.05, 0) is 92.1 Å². The molecule has 0 saturated carbocycles. The second-order valence-corrected chi connectivity index (χ2v) is 34.7. The van der Waals surface area contributed by atoms with Crippen molar-refractivity contribution in [1.29, 1.82) is 0 Å². The summed E-state index contributed by atoms with van der Waals surface area (Å²) in [4.78, 5) is 110. The number of nitrogens with zero attached hydrogens (tertiary/aromatic N) is 5. The number of primary amides is 1. The fourth-order valence-corrected chi connectivity index (χ4v) is 21.2. The number of rotatable bonds is 24. The Balaban J connectivity index is 0.696. The summed E-state index contributed by atoms with van der Waals surface area (Å²) in [5, 5.41) is 29.7. The molecule has 5 amide bonds. The number of methoxy groups -OCH3 is 2. The number of nitrogens with two attached hydrogens (primary N) is 1. The molecule has 2 bridgehead atoms. The number of aliphatic hydroxyl groups excluding tert-OH is 1. The number of benzene rings is 2. The van der Waals surface area contributed by atoms with Crippen LogP contribution in [0.4, 0.5) is 4.79 Å². The summed E-state index contributed by atoms with van der Waals surface area (Å²) in [5.74, 6) is 1.21. The molecule has 6 aliphatic heterocycles. The molecule has 1 unspecified atom stereocenters. The first-order valence-electron chi connectivity index (χ1n) is 35.0. The Morgan fingerprint density at radius 2 is 1.43 bits per heavy atom. The van der Waals surface area contributed by atoms with E-state index in [-0.39, 0.29) is 115 Å². The molecular weight excluding hydrogens is 1320 g/mol. The summed E-state index contributed by atoms with van der Waals surface area (Å²) in [6.45, 7) is 18.8. The molecule has 3 saturated heterocycles. The highest BCUT2D eigenvalue weighted by Gasteiger charge is 2.51. The van der Waals surface area contributed by atoms with Gasteiger partial charge in [0.05, 0.1) is 47.5 Å². The van der Waals surface area contributed by atoms with Crippen molar-refractivity contribution >= 4 is 95.4 Å². The zero-order chi connectivity index (χ0) is 71.0. The predicted molar refractivity (Wildman–Crippen MR) is 391 cm³/mol. The molecule has 11 atom stereocenters. The minimum absolute atomic E-state index is 0.0117. The lowest BCUT2D eigenvalue weighted by Gasteiger charge is -2.44. The Bertz CT molecular complexity index is 3390. The van der Waals surface area contributed by atoms with Crippen molar-refractivity contribution in [2.24, 2.45) is 27.6 Å². The molecule has 0 spiro atoms. The smallest absolute Gasteiger partial charge is 0.405 e. The largest absolute Gasteiger partial charge is 0.439 e. The lowest BCUT2D eigenvalue weighted by molar-refractivity contribution is -0.138. The first kappa shape index (κ1) is 76.1. The van der Waals surface area contributed by atoms with Crippen molar-refractivity contribution in [2.75, 3.05) is 83.9 Å². The molecule has 6 heterocycles. The van der Waals surface area contributed by atoms with Crippen molar-refractivity contribution in [2.45, 2.75) is 172 Å². The van der Waals surface area contributed by atoms with E-state index >= 15 is 0 Å². The van der Waals surface area contributed by atoms with Crippen molar-refractivity contribution in [1.82, 2.24) is 41.3 Å². The van der Waals surface area contributed by atoms with E-state index in [0.29, 0.717) is 36.8 Å². The zero-order valence-electron chi connectivity index (χ0n) is 58.9. The second kappa shape index (κ2) is 35.5.